The lowest BCUT2D eigenvalue weighted by atomic mass is 10.0. The number of ether oxygens (including phenoxy) is 2. The van der Waals surface area contributed by atoms with Gasteiger partial charge in [-0.25, -0.2) is 4.79 Å². The van der Waals surface area contributed by atoms with E-state index >= 15 is 0 Å². The maximum absolute atomic E-state index is 12.9. The number of esters is 1. The third-order valence-corrected chi connectivity index (χ3v) is 4.94. The number of phenols is 1. The van der Waals surface area contributed by atoms with Crippen molar-refractivity contribution in [2.24, 2.45) is 0 Å². The van der Waals surface area contributed by atoms with E-state index in [0.29, 0.717) is 47.6 Å². The lowest BCUT2D eigenvalue weighted by Gasteiger charge is -2.27. The van der Waals surface area contributed by atoms with Gasteiger partial charge in [0.1, 0.15) is 22.7 Å². The molecule has 1 N–H and O–H groups in total. The summed E-state index contributed by atoms with van der Waals surface area (Å²) in [5, 5.41) is 11.2. The molecule has 0 spiro atoms. The van der Waals surface area contributed by atoms with Crippen molar-refractivity contribution < 1.29 is 36.2 Å². The largest absolute Gasteiger partial charge is 1.00 e. The fraction of sp³-hybridized carbons (Fsp3) is 0.318. The number of carbonyl (C=O) groups excluding carboxylic acids is 1. The minimum Gasteiger partial charge on any atom is -1.00 e. The Labute approximate surface area is 175 Å². The number of phenolic OH excluding ortho intramolecular Hbond substituents is 1. The van der Waals surface area contributed by atoms with Crippen LogP contribution in [0.5, 0.6) is 5.75 Å². The highest BCUT2D eigenvalue weighted by molar-refractivity contribution is 6.10. The van der Waals surface area contributed by atoms with Crippen molar-refractivity contribution in [2.75, 3.05) is 32.9 Å². The first kappa shape index (κ1) is 21.2. The van der Waals surface area contributed by atoms with Crippen molar-refractivity contribution in [3.05, 3.63) is 53.6 Å². The van der Waals surface area contributed by atoms with Gasteiger partial charge in [0.2, 0.25) is 0 Å². The molecule has 1 fully saturated rings. The van der Waals surface area contributed by atoms with Crippen LogP contribution in [0.25, 0.3) is 22.3 Å². The highest BCUT2D eigenvalue weighted by atomic mass is 35.5. The molecular weight excluding hydrogens is 394 g/mol. The summed E-state index contributed by atoms with van der Waals surface area (Å²) >= 11 is 0. The first-order valence-corrected chi connectivity index (χ1v) is 9.49. The highest BCUT2D eigenvalue weighted by Crippen LogP contribution is 2.39. The number of fused-ring (bicyclic) bond motifs is 1. The van der Waals surface area contributed by atoms with Crippen LogP contribution in [0.2, 0.25) is 0 Å². The van der Waals surface area contributed by atoms with Crippen LogP contribution in [0.1, 0.15) is 22.8 Å². The van der Waals surface area contributed by atoms with Crippen molar-refractivity contribution in [2.45, 2.75) is 13.5 Å². The Kier molecular flexibility index (Phi) is 6.79. The van der Waals surface area contributed by atoms with Gasteiger partial charge in [0.15, 0.2) is 0 Å². The predicted molar refractivity (Wildman–Crippen MR) is 105 cm³/mol. The molecule has 0 bridgehead atoms. The Hall–Kier alpha value is -2.54. The van der Waals surface area contributed by atoms with Crippen LogP contribution in [-0.2, 0) is 16.0 Å². The molecule has 0 amide bonds. The quantitative estimate of drug-likeness (QED) is 0.621. The van der Waals surface area contributed by atoms with E-state index in [1.165, 1.54) is 0 Å². The summed E-state index contributed by atoms with van der Waals surface area (Å²) < 4.78 is 16.8. The van der Waals surface area contributed by atoms with Crippen LogP contribution in [0, 0.1) is 0 Å². The standard InChI is InChI=1S/C22H23NO5.ClH/c1-2-27-22(25)20-19-16(14-23-10-12-26-13-11-23)17(24)8-9-18(19)28-21(20)15-6-4-3-5-7-15;/h3-9,24H,2,10-14H2,1H3;1H/p-1. The number of halogens is 1. The van der Waals surface area contributed by atoms with Crippen molar-refractivity contribution in [3.63, 3.8) is 0 Å². The van der Waals surface area contributed by atoms with Gasteiger partial charge in [-0.3, -0.25) is 4.90 Å². The normalized spacial score (nSPS) is 14.5. The van der Waals surface area contributed by atoms with Gasteiger partial charge in [-0.1, -0.05) is 30.3 Å². The molecule has 154 valence electrons. The minimum atomic E-state index is -0.450. The number of hydrogen-bond donors (Lipinski definition) is 1. The lowest BCUT2D eigenvalue weighted by Crippen LogP contribution is -3.00. The Bertz CT molecular complexity index is 980. The molecule has 0 unspecified atom stereocenters. The molecule has 1 aliphatic heterocycles. The summed E-state index contributed by atoms with van der Waals surface area (Å²) in [6, 6.07) is 12.8. The van der Waals surface area contributed by atoms with Gasteiger partial charge in [-0.05, 0) is 19.1 Å². The van der Waals surface area contributed by atoms with Crippen LogP contribution in [0.4, 0.5) is 0 Å². The number of aromatic hydroxyl groups is 1. The van der Waals surface area contributed by atoms with Gasteiger partial charge in [0.05, 0.1) is 19.8 Å². The van der Waals surface area contributed by atoms with Crippen LogP contribution < -0.4 is 12.4 Å². The van der Waals surface area contributed by atoms with Crippen molar-refractivity contribution >= 4 is 16.9 Å². The van der Waals surface area contributed by atoms with E-state index in [2.05, 4.69) is 4.90 Å². The number of hydrogen-bond acceptors (Lipinski definition) is 6. The number of furan rings is 1. The van der Waals surface area contributed by atoms with Gasteiger partial charge in [-0.15, -0.1) is 0 Å². The first-order chi connectivity index (χ1) is 13.7. The van der Waals surface area contributed by atoms with Crippen molar-refractivity contribution in [1.82, 2.24) is 4.90 Å². The molecule has 0 atom stereocenters. The Morgan fingerprint density at radius 2 is 1.86 bits per heavy atom. The fourth-order valence-electron chi connectivity index (χ4n) is 3.58. The summed E-state index contributed by atoms with van der Waals surface area (Å²) in [5.74, 6) is 0.154. The average Bonchev–Trinajstić information content (AvgIpc) is 3.12. The second-order valence-corrected chi connectivity index (χ2v) is 6.72. The Morgan fingerprint density at radius 3 is 2.55 bits per heavy atom. The summed E-state index contributed by atoms with van der Waals surface area (Å²) in [6.07, 6.45) is 0. The molecule has 4 rings (SSSR count). The van der Waals surface area contributed by atoms with E-state index < -0.39 is 5.97 Å². The Morgan fingerprint density at radius 1 is 1.14 bits per heavy atom. The minimum absolute atomic E-state index is 0. The number of morpholine rings is 1. The average molecular weight is 417 g/mol. The zero-order chi connectivity index (χ0) is 19.5. The molecule has 0 aliphatic carbocycles. The molecule has 2 heterocycles. The summed E-state index contributed by atoms with van der Waals surface area (Å²) in [6.45, 7) is 5.39. The van der Waals surface area contributed by atoms with E-state index in [0.717, 1.165) is 18.7 Å². The van der Waals surface area contributed by atoms with E-state index in [9.17, 15) is 9.90 Å². The van der Waals surface area contributed by atoms with Crippen LogP contribution in [0.15, 0.2) is 46.9 Å². The monoisotopic (exact) mass is 416 g/mol. The van der Waals surface area contributed by atoms with E-state index in [1.54, 1.807) is 19.1 Å². The second kappa shape index (κ2) is 9.31. The van der Waals surface area contributed by atoms with Crippen molar-refractivity contribution in [3.8, 4) is 17.1 Å². The fourth-order valence-corrected chi connectivity index (χ4v) is 3.58. The van der Waals surface area contributed by atoms with Crippen LogP contribution >= 0.6 is 0 Å². The molecule has 2 aromatic carbocycles. The van der Waals surface area contributed by atoms with Gasteiger partial charge in [-0.2, -0.15) is 0 Å². The molecule has 6 nitrogen and oxygen atoms in total. The zero-order valence-corrected chi connectivity index (χ0v) is 16.9. The molecule has 7 heteroatoms. The topological polar surface area (TPSA) is 72.1 Å². The van der Waals surface area contributed by atoms with Crippen molar-refractivity contribution in [1.29, 1.82) is 0 Å². The molecule has 3 aromatic rings. The summed E-state index contributed by atoms with van der Waals surface area (Å²) in [5.41, 5.74) is 2.39. The number of carbonyl (C=O) groups is 1. The Balaban J connectivity index is 0.00000240. The molecular formula is C22H23ClNO5-. The first-order valence-electron chi connectivity index (χ1n) is 9.49. The van der Waals surface area contributed by atoms with Crippen LogP contribution in [0.3, 0.4) is 0 Å². The molecule has 1 saturated heterocycles. The number of rotatable bonds is 5. The second-order valence-electron chi connectivity index (χ2n) is 6.72. The van der Waals surface area contributed by atoms with E-state index in [1.807, 2.05) is 30.3 Å². The molecule has 1 aliphatic rings. The van der Waals surface area contributed by atoms with Crippen LogP contribution in [-0.4, -0.2) is 48.9 Å². The molecule has 0 saturated carbocycles. The molecule has 29 heavy (non-hydrogen) atoms. The van der Waals surface area contributed by atoms with E-state index in [4.69, 9.17) is 13.9 Å². The van der Waals surface area contributed by atoms with Gasteiger partial charge in [0.25, 0.3) is 0 Å². The van der Waals surface area contributed by atoms with Gasteiger partial charge in [0, 0.05) is 36.1 Å². The molecule has 1 aromatic heterocycles. The summed E-state index contributed by atoms with van der Waals surface area (Å²) in [4.78, 5) is 15.1. The zero-order valence-electron chi connectivity index (χ0n) is 16.2. The maximum Gasteiger partial charge on any atom is 0.342 e. The third kappa shape index (κ3) is 4.24. The number of benzene rings is 2. The number of nitrogens with zero attached hydrogens (tertiary/aromatic N) is 1. The highest BCUT2D eigenvalue weighted by Gasteiger charge is 2.27. The molecule has 0 radical (unpaired) electrons. The van der Waals surface area contributed by atoms with E-state index in [-0.39, 0.29) is 24.8 Å². The maximum atomic E-state index is 12.9. The predicted octanol–water partition coefficient (Wildman–Crippen LogP) is 0.818. The van der Waals surface area contributed by atoms with Gasteiger partial charge >= 0.3 is 5.97 Å². The third-order valence-electron chi connectivity index (χ3n) is 4.94. The lowest BCUT2D eigenvalue weighted by molar-refractivity contribution is -0.0000270. The SMILES string of the molecule is CCOC(=O)c1c(-c2ccccc2)oc2ccc(O)c(CN3CCOCC3)c12.[Cl-]. The smallest absolute Gasteiger partial charge is 0.342 e. The summed E-state index contributed by atoms with van der Waals surface area (Å²) in [7, 11) is 0. The van der Waals surface area contributed by atoms with Gasteiger partial charge < -0.3 is 31.4 Å².